The Kier molecular flexibility index (Phi) is 5.02. The van der Waals surface area contributed by atoms with E-state index < -0.39 is 35.2 Å². The molecule has 0 aromatic carbocycles. The summed E-state index contributed by atoms with van der Waals surface area (Å²) < 4.78 is 116. The lowest BCUT2D eigenvalue weighted by Gasteiger charge is -2.52. The van der Waals surface area contributed by atoms with Crippen LogP contribution in [0.15, 0.2) is 0 Å². The summed E-state index contributed by atoms with van der Waals surface area (Å²) in [4.78, 5) is 3.83. The summed E-state index contributed by atoms with van der Waals surface area (Å²) in [6.45, 7) is 5.35. The first kappa shape index (κ1) is 21.3. The first-order valence-electron chi connectivity index (χ1n) is 6.99. The summed E-state index contributed by atoms with van der Waals surface area (Å²) in [5.74, 6) is -13.8. The highest BCUT2D eigenvalue weighted by atomic mass is 19.4. The minimum Gasteiger partial charge on any atom is -0.223 e. The molecule has 0 aromatic rings. The van der Waals surface area contributed by atoms with Crippen molar-refractivity contribution < 1.29 is 44.4 Å². The fraction of sp³-hybridized carbons (Fsp3) is 1.00. The molecule has 11 heteroatoms. The smallest absolute Gasteiger partial charge is 0.223 e. The molecule has 1 aliphatic rings. The monoisotopic (exact) mass is 375 g/mol. The van der Waals surface area contributed by atoms with Crippen molar-refractivity contribution in [3.63, 3.8) is 0 Å². The summed E-state index contributed by atoms with van der Waals surface area (Å²) in [7, 11) is 0. The van der Waals surface area contributed by atoms with Gasteiger partial charge in [0.05, 0.1) is 0 Å². The quantitative estimate of drug-likeness (QED) is 0.611. The van der Waals surface area contributed by atoms with E-state index in [1.165, 1.54) is 27.7 Å². The molecule has 0 aromatic heterocycles. The molecule has 24 heavy (non-hydrogen) atoms. The van der Waals surface area contributed by atoms with Gasteiger partial charge in [-0.05, 0) is 47.0 Å². The van der Waals surface area contributed by atoms with Crippen LogP contribution >= 0.6 is 0 Å². The molecule has 1 heterocycles. The molecular formula is C13H18F9NO. The second-order valence-electron chi connectivity index (χ2n) is 7.03. The molecule has 0 amide bonds. The molecule has 0 aliphatic carbocycles. The van der Waals surface area contributed by atoms with Crippen LogP contribution in [0, 0.1) is 0 Å². The number of alkyl halides is 9. The summed E-state index contributed by atoms with van der Waals surface area (Å²) in [5.41, 5.74) is -2.54. The Bertz CT molecular complexity index is 455. The molecule has 0 bridgehead atoms. The first-order valence-corrected chi connectivity index (χ1v) is 6.99. The molecule has 1 rings (SSSR count). The average Bonchev–Trinajstić information content (AvgIpc) is 2.31. The van der Waals surface area contributed by atoms with E-state index >= 15 is 0 Å². The topological polar surface area (TPSA) is 12.5 Å². The van der Waals surface area contributed by atoms with Crippen LogP contribution in [0.4, 0.5) is 39.5 Å². The zero-order chi connectivity index (χ0) is 19.4. The maximum Gasteiger partial charge on any atom is 0.460 e. The Morgan fingerprint density at radius 3 is 1.42 bits per heavy atom. The van der Waals surface area contributed by atoms with Crippen LogP contribution in [0.1, 0.15) is 47.0 Å². The van der Waals surface area contributed by atoms with Crippen molar-refractivity contribution in [3.05, 3.63) is 0 Å². The predicted molar refractivity (Wildman–Crippen MR) is 65.8 cm³/mol. The fourth-order valence-corrected chi connectivity index (χ4v) is 2.76. The van der Waals surface area contributed by atoms with Gasteiger partial charge < -0.3 is 0 Å². The fourth-order valence-electron chi connectivity index (χ4n) is 2.76. The minimum atomic E-state index is -6.96. The van der Waals surface area contributed by atoms with E-state index in [4.69, 9.17) is 0 Å². The number of piperidine rings is 1. The molecule has 0 N–H and O–H groups in total. The first-order chi connectivity index (χ1) is 10.3. The number of hydrogen-bond acceptors (Lipinski definition) is 2. The zero-order valence-corrected chi connectivity index (χ0v) is 13.4. The van der Waals surface area contributed by atoms with Crippen molar-refractivity contribution in [1.29, 1.82) is 0 Å². The molecular weight excluding hydrogens is 357 g/mol. The van der Waals surface area contributed by atoms with Crippen molar-refractivity contribution in [2.75, 3.05) is 0 Å². The van der Waals surface area contributed by atoms with Gasteiger partial charge in [-0.3, -0.25) is 0 Å². The highest BCUT2D eigenvalue weighted by Gasteiger charge is 2.83. The van der Waals surface area contributed by atoms with Gasteiger partial charge in [-0.15, -0.1) is 0 Å². The summed E-state index contributed by atoms with van der Waals surface area (Å²) in [6.07, 6.45) is -12.0. The summed E-state index contributed by atoms with van der Waals surface area (Å²) in [6, 6.07) is 0. The van der Waals surface area contributed by atoms with Crippen LogP contribution in [0.25, 0.3) is 0 Å². The van der Waals surface area contributed by atoms with E-state index in [-0.39, 0.29) is 12.8 Å². The standard InChI is InChI=1S/C13H18F9NO/c1-8(2)6-5-7-9(3,4)23(8)24-13(21,22)11(16,17)10(14,15)12(18,19)20/h5-7H2,1-4H3. The van der Waals surface area contributed by atoms with Gasteiger partial charge in [-0.2, -0.15) is 44.6 Å². The van der Waals surface area contributed by atoms with E-state index in [0.717, 1.165) is 0 Å². The Morgan fingerprint density at radius 2 is 1.08 bits per heavy atom. The largest absolute Gasteiger partial charge is 0.460 e. The molecule has 1 saturated heterocycles. The van der Waals surface area contributed by atoms with E-state index in [1.807, 2.05) is 0 Å². The predicted octanol–water partition coefficient (Wildman–Crippen LogP) is 5.39. The van der Waals surface area contributed by atoms with Gasteiger partial charge in [0.1, 0.15) is 0 Å². The number of rotatable bonds is 4. The van der Waals surface area contributed by atoms with Gasteiger partial charge in [0.25, 0.3) is 0 Å². The number of hydrogen-bond donors (Lipinski definition) is 0. The van der Waals surface area contributed by atoms with Gasteiger partial charge >= 0.3 is 24.1 Å². The Labute approximate surface area is 132 Å². The maximum atomic E-state index is 13.7. The van der Waals surface area contributed by atoms with E-state index in [9.17, 15) is 39.5 Å². The Morgan fingerprint density at radius 1 is 0.708 bits per heavy atom. The van der Waals surface area contributed by atoms with Crippen molar-refractivity contribution in [2.45, 2.75) is 82.2 Å². The normalized spacial score (nSPS) is 23.4. The number of nitrogens with zero attached hydrogens (tertiary/aromatic N) is 1. The molecule has 0 atom stereocenters. The SMILES string of the molecule is CC1(C)CCCC(C)(C)N1OC(F)(F)C(F)(F)C(F)(F)C(F)(F)F. The lowest BCUT2D eigenvalue weighted by Crippen LogP contribution is -2.67. The van der Waals surface area contributed by atoms with E-state index in [1.54, 1.807) is 0 Å². The van der Waals surface area contributed by atoms with Crippen LogP contribution in [0.3, 0.4) is 0 Å². The van der Waals surface area contributed by atoms with Crippen LogP contribution in [0.2, 0.25) is 0 Å². The second kappa shape index (κ2) is 5.65. The molecule has 1 fully saturated rings. The van der Waals surface area contributed by atoms with Gasteiger partial charge in [-0.25, -0.2) is 4.84 Å². The molecule has 2 nitrogen and oxygen atoms in total. The highest BCUT2D eigenvalue weighted by molar-refractivity contribution is 4.98. The third-order valence-corrected chi connectivity index (χ3v) is 4.00. The summed E-state index contributed by atoms with van der Waals surface area (Å²) in [5, 5.41) is 0.393. The van der Waals surface area contributed by atoms with Crippen LogP contribution in [0.5, 0.6) is 0 Å². The molecule has 144 valence electrons. The van der Waals surface area contributed by atoms with Gasteiger partial charge in [0, 0.05) is 11.1 Å². The van der Waals surface area contributed by atoms with E-state index in [2.05, 4.69) is 4.84 Å². The average molecular weight is 375 g/mol. The molecule has 1 aliphatic heterocycles. The van der Waals surface area contributed by atoms with Crippen molar-refractivity contribution in [3.8, 4) is 0 Å². The molecule has 0 unspecified atom stereocenters. The lowest BCUT2D eigenvalue weighted by atomic mass is 9.82. The van der Waals surface area contributed by atoms with Crippen LogP contribution < -0.4 is 0 Å². The van der Waals surface area contributed by atoms with Crippen LogP contribution in [-0.2, 0) is 4.84 Å². The number of halogens is 9. The van der Waals surface area contributed by atoms with Gasteiger partial charge in [0.15, 0.2) is 0 Å². The van der Waals surface area contributed by atoms with Crippen molar-refractivity contribution in [1.82, 2.24) is 5.06 Å². The maximum absolute atomic E-state index is 13.7. The highest BCUT2D eigenvalue weighted by Crippen LogP contribution is 2.54. The third kappa shape index (κ3) is 3.33. The lowest BCUT2D eigenvalue weighted by molar-refractivity contribution is -0.499. The zero-order valence-electron chi connectivity index (χ0n) is 13.4. The molecule has 0 radical (unpaired) electrons. The van der Waals surface area contributed by atoms with Crippen molar-refractivity contribution >= 4 is 0 Å². The minimum absolute atomic E-state index is 0.202. The van der Waals surface area contributed by atoms with E-state index in [0.29, 0.717) is 11.5 Å². The van der Waals surface area contributed by atoms with Crippen molar-refractivity contribution in [2.24, 2.45) is 0 Å². The third-order valence-electron chi connectivity index (χ3n) is 4.00. The van der Waals surface area contributed by atoms with Gasteiger partial charge in [-0.1, -0.05) is 0 Å². The van der Waals surface area contributed by atoms with Gasteiger partial charge in [0.2, 0.25) is 0 Å². The Balaban J connectivity index is 3.24. The Hall–Kier alpha value is -0.710. The van der Waals surface area contributed by atoms with Crippen LogP contribution in [-0.4, -0.2) is 40.3 Å². The second-order valence-corrected chi connectivity index (χ2v) is 7.03. The molecule has 0 saturated carbocycles. The molecule has 0 spiro atoms. The summed E-state index contributed by atoms with van der Waals surface area (Å²) >= 11 is 0. The number of hydroxylamine groups is 2.